The number of pyridine rings is 1. The fourth-order valence-electron chi connectivity index (χ4n) is 2.98. The Kier molecular flexibility index (Phi) is 5.92. The van der Waals surface area contributed by atoms with Crippen molar-refractivity contribution in [3.8, 4) is 6.07 Å². The van der Waals surface area contributed by atoms with Crippen molar-refractivity contribution in [3.63, 3.8) is 0 Å². The van der Waals surface area contributed by atoms with Crippen molar-refractivity contribution in [1.82, 2.24) is 14.2 Å². The second kappa shape index (κ2) is 8.37. The molecule has 146 valence electrons. The topological polar surface area (TPSA) is 97.6 Å². The lowest BCUT2D eigenvalue weighted by Crippen LogP contribution is -2.51. The minimum Gasteiger partial charge on any atom is -0.353 e. The van der Waals surface area contributed by atoms with E-state index in [1.165, 1.54) is 31.3 Å². The van der Waals surface area contributed by atoms with Crippen LogP contribution in [-0.2, 0) is 14.8 Å². The van der Waals surface area contributed by atoms with E-state index in [-0.39, 0.29) is 17.3 Å². The van der Waals surface area contributed by atoms with E-state index in [2.05, 4.69) is 9.88 Å². The number of nitriles is 1. The molecule has 0 radical (unpaired) electrons. The van der Waals surface area contributed by atoms with Gasteiger partial charge in [-0.2, -0.15) is 9.57 Å². The molecule has 1 fully saturated rings. The number of likely N-dealkylation sites (N-methyl/N-ethyl adjacent to an activating group) is 1. The summed E-state index contributed by atoms with van der Waals surface area (Å²) in [5.74, 6) is 0.635. The number of hydrogen-bond acceptors (Lipinski definition) is 6. The zero-order chi connectivity index (χ0) is 20.1. The molecule has 2 aromatic rings. The number of hydrogen-bond donors (Lipinski definition) is 0. The molecule has 0 bridgehead atoms. The molecule has 9 heteroatoms. The van der Waals surface area contributed by atoms with E-state index in [0.717, 1.165) is 10.1 Å². The highest BCUT2D eigenvalue weighted by molar-refractivity contribution is 7.89. The van der Waals surface area contributed by atoms with Crippen LogP contribution in [0.4, 0.5) is 5.82 Å². The summed E-state index contributed by atoms with van der Waals surface area (Å²) in [4.78, 5) is 20.7. The molecule has 0 saturated carbocycles. The number of piperazine rings is 1. The Morgan fingerprint density at radius 3 is 2.39 bits per heavy atom. The first kappa shape index (κ1) is 19.8. The third kappa shape index (κ3) is 4.30. The van der Waals surface area contributed by atoms with Crippen LogP contribution in [0, 0.1) is 11.3 Å². The van der Waals surface area contributed by atoms with Gasteiger partial charge in [-0.3, -0.25) is 4.79 Å². The molecule has 28 heavy (non-hydrogen) atoms. The van der Waals surface area contributed by atoms with Gasteiger partial charge >= 0.3 is 0 Å². The van der Waals surface area contributed by atoms with Gasteiger partial charge in [0.25, 0.3) is 0 Å². The number of rotatable bonds is 5. The van der Waals surface area contributed by atoms with Crippen molar-refractivity contribution in [1.29, 1.82) is 5.26 Å². The normalized spacial score (nSPS) is 14.8. The molecule has 1 aliphatic rings. The zero-order valence-corrected chi connectivity index (χ0v) is 16.3. The van der Waals surface area contributed by atoms with Gasteiger partial charge in [-0.15, -0.1) is 0 Å². The number of nitrogens with zero attached hydrogens (tertiary/aromatic N) is 5. The molecule has 0 spiro atoms. The Bertz CT molecular complexity index is 963. The molecule has 1 saturated heterocycles. The number of anilines is 1. The predicted molar refractivity (Wildman–Crippen MR) is 104 cm³/mol. The van der Waals surface area contributed by atoms with Crippen molar-refractivity contribution >= 4 is 21.7 Å². The van der Waals surface area contributed by atoms with E-state index in [4.69, 9.17) is 5.26 Å². The Morgan fingerprint density at radius 1 is 1.14 bits per heavy atom. The molecule has 2 heterocycles. The summed E-state index contributed by atoms with van der Waals surface area (Å²) in [7, 11) is -2.41. The summed E-state index contributed by atoms with van der Waals surface area (Å²) in [6.07, 6.45) is 1.73. The van der Waals surface area contributed by atoms with Gasteiger partial charge in [-0.05, 0) is 36.4 Å². The second-order valence-corrected chi connectivity index (χ2v) is 8.50. The molecule has 1 aliphatic heterocycles. The van der Waals surface area contributed by atoms with Crippen LogP contribution in [0.1, 0.15) is 5.56 Å². The lowest BCUT2D eigenvalue weighted by molar-refractivity contribution is -0.131. The maximum atomic E-state index is 12.6. The summed E-state index contributed by atoms with van der Waals surface area (Å²) in [5, 5.41) is 8.83. The number of carbonyl (C=O) groups excluding carboxylic acids is 1. The first-order chi connectivity index (χ1) is 13.4. The average molecular weight is 399 g/mol. The van der Waals surface area contributed by atoms with E-state index in [1.54, 1.807) is 11.1 Å². The molecule has 0 unspecified atom stereocenters. The molecule has 8 nitrogen and oxygen atoms in total. The zero-order valence-electron chi connectivity index (χ0n) is 15.5. The maximum absolute atomic E-state index is 12.6. The van der Waals surface area contributed by atoms with Crippen LogP contribution in [0.2, 0.25) is 0 Å². The van der Waals surface area contributed by atoms with Gasteiger partial charge < -0.3 is 9.80 Å². The maximum Gasteiger partial charge on any atom is 0.243 e. The molecule has 0 atom stereocenters. The first-order valence-corrected chi connectivity index (χ1v) is 10.3. The minimum atomic E-state index is -3.80. The minimum absolute atomic E-state index is 0.0572. The fourth-order valence-corrected chi connectivity index (χ4v) is 4.10. The largest absolute Gasteiger partial charge is 0.353 e. The van der Waals surface area contributed by atoms with Gasteiger partial charge in [-0.1, -0.05) is 6.07 Å². The van der Waals surface area contributed by atoms with E-state index in [0.29, 0.717) is 31.7 Å². The number of amides is 1. The van der Waals surface area contributed by atoms with Crippen LogP contribution in [0.15, 0.2) is 53.6 Å². The van der Waals surface area contributed by atoms with Crippen molar-refractivity contribution in [2.75, 3.05) is 44.7 Å². The molecular formula is C19H21N5O3S. The van der Waals surface area contributed by atoms with E-state index >= 15 is 0 Å². The summed E-state index contributed by atoms with van der Waals surface area (Å²) in [5.41, 5.74) is 0.378. The molecule has 0 N–H and O–H groups in total. The summed E-state index contributed by atoms with van der Waals surface area (Å²) in [6, 6.07) is 13.3. The molecule has 0 aliphatic carbocycles. The highest BCUT2D eigenvalue weighted by Gasteiger charge is 2.27. The van der Waals surface area contributed by atoms with Crippen molar-refractivity contribution in [2.45, 2.75) is 4.90 Å². The van der Waals surface area contributed by atoms with Crippen LogP contribution in [-0.4, -0.2) is 68.3 Å². The van der Waals surface area contributed by atoms with Gasteiger partial charge in [0.15, 0.2) is 0 Å². The predicted octanol–water partition coefficient (Wildman–Crippen LogP) is 0.923. The van der Waals surface area contributed by atoms with Gasteiger partial charge in [-0.25, -0.2) is 13.4 Å². The van der Waals surface area contributed by atoms with Gasteiger partial charge in [0.2, 0.25) is 15.9 Å². The van der Waals surface area contributed by atoms with Gasteiger partial charge in [0.05, 0.1) is 23.1 Å². The van der Waals surface area contributed by atoms with Gasteiger partial charge in [0, 0.05) is 39.4 Å². The Morgan fingerprint density at radius 2 is 1.82 bits per heavy atom. The molecule has 1 aromatic carbocycles. The summed E-state index contributed by atoms with van der Waals surface area (Å²) in [6.45, 7) is 2.09. The monoisotopic (exact) mass is 399 g/mol. The fraction of sp³-hybridized carbons (Fsp3) is 0.316. The highest BCUT2D eigenvalue weighted by Crippen LogP contribution is 2.16. The molecule has 1 amide bonds. The first-order valence-electron chi connectivity index (χ1n) is 8.82. The number of sulfonamides is 1. The lowest BCUT2D eigenvalue weighted by atomic mass is 10.2. The third-order valence-corrected chi connectivity index (χ3v) is 6.47. The van der Waals surface area contributed by atoms with Crippen LogP contribution in [0.25, 0.3) is 0 Å². The molecule has 3 rings (SSSR count). The van der Waals surface area contributed by atoms with E-state index in [1.807, 2.05) is 24.3 Å². The number of carbonyl (C=O) groups is 1. The summed E-state index contributed by atoms with van der Waals surface area (Å²) < 4.78 is 26.3. The van der Waals surface area contributed by atoms with Crippen LogP contribution < -0.4 is 4.90 Å². The summed E-state index contributed by atoms with van der Waals surface area (Å²) >= 11 is 0. The van der Waals surface area contributed by atoms with Crippen LogP contribution >= 0.6 is 0 Å². The second-order valence-electron chi connectivity index (χ2n) is 6.45. The average Bonchev–Trinajstić information content (AvgIpc) is 2.74. The smallest absolute Gasteiger partial charge is 0.243 e. The Labute approximate surface area is 164 Å². The number of benzene rings is 1. The number of aromatic nitrogens is 1. The van der Waals surface area contributed by atoms with Crippen LogP contribution in [0.3, 0.4) is 0 Å². The molecule has 1 aromatic heterocycles. The van der Waals surface area contributed by atoms with E-state index < -0.39 is 10.0 Å². The Balaban J connectivity index is 1.59. The van der Waals surface area contributed by atoms with Crippen molar-refractivity contribution in [2.24, 2.45) is 0 Å². The van der Waals surface area contributed by atoms with Crippen molar-refractivity contribution in [3.05, 3.63) is 54.2 Å². The van der Waals surface area contributed by atoms with Crippen molar-refractivity contribution < 1.29 is 13.2 Å². The van der Waals surface area contributed by atoms with Gasteiger partial charge in [0.1, 0.15) is 5.82 Å². The Hall–Kier alpha value is -2.96. The van der Waals surface area contributed by atoms with Crippen LogP contribution in [0.5, 0.6) is 0 Å². The molecular weight excluding hydrogens is 378 g/mol. The van der Waals surface area contributed by atoms with E-state index in [9.17, 15) is 13.2 Å². The SMILES string of the molecule is CN(CC(=O)N1CCN(c2ccccn2)CC1)S(=O)(=O)c1ccc(C#N)cc1. The highest BCUT2D eigenvalue weighted by atomic mass is 32.2. The third-order valence-electron chi connectivity index (χ3n) is 4.66. The standard InChI is InChI=1S/C19H21N5O3S/c1-22(28(26,27)17-7-5-16(14-20)6-8-17)15-19(25)24-12-10-23(11-13-24)18-4-2-3-9-21-18/h2-9H,10-13,15H2,1H3. The lowest BCUT2D eigenvalue weighted by Gasteiger charge is -2.36. The quantitative estimate of drug-likeness (QED) is 0.742.